The van der Waals surface area contributed by atoms with Crippen LogP contribution < -0.4 is 4.72 Å². The fourth-order valence-electron chi connectivity index (χ4n) is 2.48. The van der Waals surface area contributed by atoms with Crippen molar-refractivity contribution in [3.05, 3.63) is 28.8 Å². The number of piperidine rings is 1. The summed E-state index contributed by atoms with van der Waals surface area (Å²) in [7, 11) is -7.54. The molecular weight excluding hydrogens is 405 g/mol. The van der Waals surface area contributed by atoms with Crippen LogP contribution >= 0.6 is 11.6 Å². The Morgan fingerprint density at radius 3 is 2.20 bits per heavy atom. The van der Waals surface area contributed by atoms with Crippen LogP contribution in [-0.4, -0.2) is 46.5 Å². The van der Waals surface area contributed by atoms with Gasteiger partial charge in [-0.1, -0.05) is 11.6 Å². The van der Waals surface area contributed by atoms with Crippen LogP contribution in [0.15, 0.2) is 23.1 Å². The largest absolute Gasteiger partial charge is 0.417 e. The van der Waals surface area contributed by atoms with Crippen LogP contribution in [-0.2, 0) is 26.2 Å². The molecule has 0 aliphatic carbocycles. The lowest BCUT2D eigenvalue weighted by atomic mass is 10.1. The van der Waals surface area contributed by atoms with E-state index in [1.807, 2.05) is 0 Å². The number of sulfonamides is 2. The first kappa shape index (κ1) is 20.4. The Hall–Kier alpha value is -0.880. The lowest BCUT2D eigenvalue weighted by molar-refractivity contribution is -0.137. The number of nitrogens with one attached hydrogen (secondary N) is 1. The van der Waals surface area contributed by atoms with Crippen molar-refractivity contribution < 1.29 is 30.0 Å². The number of benzene rings is 1. The van der Waals surface area contributed by atoms with Gasteiger partial charge in [0.2, 0.25) is 20.0 Å². The van der Waals surface area contributed by atoms with Gasteiger partial charge in [0.25, 0.3) is 0 Å². The van der Waals surface area contributed by atoms with Crippen LogP contribution in [0.2, 0.25) is 5.02 Å². The van der Waals surface area contributed by atoms with Crippen molar-refractivity contribution in [1.82, 2.24) is 9.03 Å². The maximum absolute atomic E-state index is 12.9. The van der Waals surface area contributed by atoms with Gasteiger partial charge >= 0.3 is 6.18 Å². The second kappa shape index (κ2) is 7.03. The highest BCUT2D eigenvalue weighted by Gasteiger charge is 2.35. The van der Waals surface area contributed by atoms with Gasteiger partial charge in [-0.2, -0.15) is 13.2 Å². The van der Waals surface area contributed by atoms with E-state index < -0.39 is 47.7 Å². The van der Waals surface area contributed by atoms with Crippen molar-refractivity contribution in [3.63, 3.8) is 0 Å². The molecule has 0 saturated carbocycles. The molecule has 12 heteroatoms. The van der Waals surface area contributed by atoms with Gasteiger partial charge < -0.3 is 0 Å². The van der Waals surface area contributed by atoms with E-state index in [1.165, 1.54) is 4.31 Å². The molecule has 1 aromatic rings. The van der Waals surface area contributed by atoms with Crippen LogP contribution in [0.1, 0.15) is 18.4 Å². The maximum Gasteiger partial charge on any atom is 0.417 e. The van der Waals surface area contributed by atoms with E-state index in [4.69, 9.17) is 11.6 Å². The van der Waals surface area contributed by atoms with E-state index >= 15 is 0 Å². The summed E-state index contributed by atoms with van der Waals surface area (Å²) in [6.45, 7) is 0.279. The second-order valence-electron chi connectivity index (χ2n) is 5.70. The number of alkyl halides is 3. The first-order valence-electron chi connectivity index (χ1n) is 7.15. The van der Waals surface area contributed by atoms with Gasteiger partial charge in [-0.15, -0.1) is 0 Å². The summed E-state index contributed by atoms with van der Waals surface area (Å²) in [4.78, 5) is -0.547. The van der Waals surface area contributed by atoms with Gasteiger partial charge in [0.1, 0.15) is 0 Å². The zero-order chi connectivity index (χ0) is 19.0. The summed E-state index contributed by atoms with van der Waals surface area (Å²) in [5.41, 5.74) is -1.23. The smallest absolute Gasteiger partial charge is 0.213 e. The predicted octanol–water partition coefficient (Wildman–Crippen LogP) is 2.06. The average Bonchev–Trinajstić information content (AvgIpc) is 2.45. The van der Waals surface area contributed by atoms with Gasteiger partial charge in [-0.25, -0.2) is 25.9 Å². The third kappa shape index (κ3) is 5.07. The number of nitrogens with zero attached hydrogens (tertiary/aromatic N) is 1. The lowest BCUT2D eigenvalue weighted by Crippen LogP contribution is -2.46. The van der Waals surface area contributed by atoms with E-state index in [2.05, 4.69) is 4.72 Å². The number of hydrogen-bond acceptors (Lipinski definition) is 4. The average molecular weight is 421 g/mol. The molecule has 0 unspecified atom stereocenters. The third-order valence-electron chi connectivity index (χ3n) is 3.80. The highest BCUT2D eigenvalue weighted by Crippen LogP contribution is 2.36. The highest BCUT2D eigenvalue weighted by molar-refractivity contribution is 7.89. The molecule has 1 aromatic carbocycles. The second-order valence-corrected chi connectivity index (χ2v) is 9.80. The molecule has 1 aliphatic heterocycles. The topological polar surface area (TPSA) is 83.6 Å². The van der Waals surface area contributed by atoms with Crippen molar-refractivity contribution in [2.75, 3.05) is 19.3 Å². The highest BCUT2D eigenvalue weighted by atomic mass is 35.5. The van der Waals surface area contributed by atoms with Gasteiger partial charge in [0, 0.05) is 19.1 Å². The summed E-state index contributed by atoms with van der Waals surface area (Å²) < 4.78 is 89.6. The Morgan fingerprint density at radius 2 is 1.72 bits per heavy atom. The Bertz CT molecular complexity index is 849. The molecule has 1 fully saturated rings. The minimum Gasteiger partial charge on any atom is -0.213 e. The van der Waals surface area contributed by atoms with Crippen molar-refractivity contribution in [1.29, 1.82) is 0 Å². The first-order chi connectivity index (χ1) is 11.3. The molecule has 0 aromatic heterocycles. The monoisotopic (exact) mass is 420 g/mol. The lowest BCUT2D eigenvalue weighted by Gasteiger charge is -2.30. The van der Waals surface area contributed by atoms with Gasteiger partial charge in [-0.3, -0.25) is 0 Å². The van der Waals surface area contributed by atoms with E-state index in [0.29, 0.717) is 6.07 Å². The molecule has 0 amide bonds. The Labute approximate surface area is 149 Å². The standard InChI is InChI=1S/C13H16ClF3N2O4S2/c1-24(20,21)19-6-4-9(5-7-19)18-25(22,23)10-2-3-12(14)11(8-10)13(15,16)17/h2-3,8-9,18H,4-7H2,1H3. The van der Waals surface area contributed by atoms with Crippen LogP contribution in [0.5, 0.6) is 0 Å². The Morgan fingerprint density at radius 1 is 1.16 bits per heavy atom. The quantitative estimate of drug-likeness (QED) is 0.808. The zero-order valence-corrected chi connectivity index (χ0v) is 15.4. The molecular formula is C13H16ClF3N2O4S2. The number of hydrogen-bond donors (Lipinski definition) is 1. The van der Waals surface area contributed by atoms with E-state index in [9.17, 15) is 30.0 Å². The molecule has 0 spiro atoms. The molecule has 0 bridgehead atoms. The molecule has 1 N–H and O–H groups in total. The maximum atomic E-state index is 12.9. The third-order valence-corrected chi connectivity index (χ3v) is 6.95. The zero-order valence-electron chi connectivity index (χ0n) is 13.0. The predicted molar refractivity (Wildman–Crippen MR) is 86.2 cm³/mol. The van der Waals surface area contributed by atoms with E-state index in [0.717, 1.165) is 18.4 Å². The van der Waals surface area contributed by atoms with Gasteiger partial charge in [0.15, 0.2) is 0 Å². The Kier molecular flexibility index (Phi) is 5.74. The molecule has 1 heterocycles. The minimum atomic E-state index is -4.77. The first-order valence-corrected chi connectivity index (χ1v) is 10.9. The fraction of sp³-hybridized carbons (Fsp3) is 0.538. The summed E-state index contributed by atoms with van der Waals surface area (Å²) in [6, 6.07) is 1.79. The van der Waals surface area contributed by atoms with Crippen LogP contribution in [0.4, 0.5) is 13.2 Å². The minimum absolute atomic E-state index is 0.139. The molecule has 1 saturated heterocycles. The van der Waals surface area contributed by atoms with Crippen molar-refractivity contribution in [3.8, 4) is 0 Å². The summed E-state index contributed by atoms with van der Waals surface area (Å²) >= 11 is 5.48. The molecule has 142 valence electrons. The van der Waals surface area contributed by atoms with Crippen molar-refractivity contribution in [2.45, 2.75) is 30.0 Å². The normalized spacial score (nSPS) is 18.4. The van der Waals surface area contributed by atoms with Crippen LogP contribution in [0, 0.1) is 0 Å². The van der Waals surface area contributed by atoms with Crippen LogP contribution in [0.3, 0.4) is 0 Å². The van der Waals surface area contributed by atoms with Gasteiger partial charge in [0.05, 0.1) is 21.7 Å². The number of halogens is 4. The molecule has 1 aliphatic rings. The molecule has 0 radical (unpaired) electrons. The fourth-order valence-corrected chi connectivity index (χ4v) is 4.91. The molecule has 0 atom stereocenters. The van der Waals surface area contributed by atoms with Crippen molar-refractivity contribution >= 4 is 31.6 Å². The summed E-state index contributed by atoms with van der Waals surface area (Å²) in [5, 5.41) is -0.590. The summed E-state index contributed by atoms with van der Waals surface area (Å²) in [5.74, 6) is 0. The Balaban J connectivity index is 2.16. The summed E-state index contributed by atoms with van der Waals surface area (Å²) in [6.07, 6.45) is -3.26. The molecule has 25 heavy (non-hydrogen) atoms. The van der Waals surface area contributed by atoms with E-state index in [1.54, 1.807) is 0 Å². The van der Waals surface area contributed by atoms with Crippen molar-refractivity contribution in [2.24, 2.45) is 0 Å². The SMILES string of the molecule is CS(=O)(=O)N1CCC(NS(=O)(=O)c2ccc(Cl)c(C(F)(F)F)c2)CC1. The van der Waals surface area contributed by atoms with Gasteiger partial charge in [-0.05, 0) is 31.0 Å². The molecule has 6 nitrogen and oxygen atoms in total. The van der Waals surface area contributed by atoms with Crippen LogP contribution in [0.25, 0.3) is 0 Å². The van der Waals surface area contributed by atoms with E-state index in [-0.39, 0.29) is 25.9 Å². The number of rotatable bonds is 4. The molecule has 2 rings (SSSR count).